The number of hydrogen-bond donors (Lipinski definition) is 1. The van der Waals surface area contributed by atoms with E-state index in [4.69, 9.17) is 5.73 Å². The molecule has 1 amide bonds. The third kappa shape index (κ3) is 3.06. The zero-order chi connectivity index (χ0) is 13.1. The van der Waals surface area contributed by atoms with Gasteiger partial charge in [-0.2, -0.15) is 0 Å². The summed E-state index contributed by atoms with van der Waals surface area (Å²) in [5.74, 6) is -1.10. The van der Waals surface area contributed by atoms with Gasteiger partial charge in [0, 0.05) is 10.0 Å². The second kappa shape index (κ2) is 5.77. The van der Waals surface area contributed by atoms with Crippen LogP contribution in [0.2, 0.25) is 0 Å². The van der Waals surface area contributed by atoms with E-state index < -0.39 is 17.0 Å². The quantitative estimate of drug-likeness (QED) is 0.863. The van der Waals surface area contributed by atoms with Crippen molar-refractivity contribution in [3.63, 3.8) is 0 Å². The molecule has 94 valence electrons. The van der Waals surface area contributed by atoms with Crippen molar-refractivity contribution in [3.05, 3.63) is 39.6 Å². The fourth-order valence-electron chi connectivity index (χ4n) is 1.30. The van der Waals surface area contributed by atoms with Crippen LogP contribution in [0.15, 0.2) is 32.5 Å². The molecule has 0 aliphatic heterocycles. The molecule has 1 aromatic heterocycles. The summed E-state index contributed by atoms with van der Waals surface area (Å²) in [7, 11) is 0. The average Bonchev–Trinajstić information content (AvgIpc) is 2.79. The summed E-state index contributed by atoms with van der Waals surface area (Å²) in [6, 6.07) is 4.49. The highest BCUT2D eigenvalue weighted by molar-refractivity contribution is 9.10. The number of thioether (sulfide) groups is 1. The molecular formula is C10H7BrFN3OS2. The highest BCUT2D eigenvalue weighted by Gasteiger charge is 2.24. The maximum absolute atomic E-state index is 13.8. The van der Waals surface area contributed by atoms with Crippen molar-refractivity contribution >= 4 is 44.9 Å². The summed E-state index contributed by atoms with van der Waals surface area (Å²) >= 11 is 5.53. The van der Waals surface area contributed by atoms with Gasteiger partial charge < -0.3 is 5.73 Å². The molecular weight excluding hydrogens is 341 g/mol. The number of carbonyl (C=O) groups excluding carboxylic acids is 1. The van der Waals surface area contributed by atoms with E-state index in [1.807, 2.05) is 0 Å². The molecule has 0 spiro atoms. The Morgan fingerprint density at radius 3 is 2.89 bits per heavy atom. The minimum atomic E-state index is -0.814. The molecule has 2 N–H and O–H groups in total. The van der Waals surface area contributed by atoms with Gasteiger partial charge in [0.05, 0.1) is 0 Å². The van der Waals surface area contributed by atoms with Gasteiger partial charge in [0.1, 0.15) is 16.6 Å². The Morgan fingerprint density at radius 1 is 1.56 bits per heavy atom. The Bertz CT molecular complexity index is 564. The molecule has 0 bridgehead atoms. The summed E-state index contributed by atoms with van der Waals surface area (Å²) in [4.78, 5) is 11.4. The molecule has 0 aliphatic rings. The Balaban J connectivity index is 2.32. The number of primary amides is 1. The highest BCUT2D eigenvalue weighted by Crippen LogP contribution is 2.37. The van der Waals surface area contributed by atoms with E-state index in [0.717, 1.165) is 11.8 Å². The van der Waals surface area contributed by atoms with Crippen LogP contribution in [0.1, 0.15) is 10.8 Å². The van der Waals surface area contributed by atoms with Gasteiger partial charge in [-0.3, -0.25) is 4.79 Å². The molecule has 0 radical (unpaired) electrons. The molecule has 0 saturated carbocycles. The van der Waals surface area contributed by atoms with Crippen LogP contribution in [0.3, 0.4) is 0 Å². The van der Waals surface area contributed by atoms with Crippen LogP contribution >= 0.6 is 39.0 Å². The van der Waals surface area contributed by atoms with Gasteiger partial charge in [0.2, 0.25) is 5.91 Å². The molecule has 2 aromatic rings. The van der Waals surface area contributed by atoms with Gasteiger partial charge >= 0.3 is 0 Å². The number of aromatic nitrogens is 2. The van der Waals surface area contributed by atoms with E-state index in [9.17, 15) is 9.18 Å². The van der Waals surface area contributed by atoms with Crippen molar-refractivity contribution in [1.82, 2.24) is 10.2 Å². The molecule has 0 aliphatic carbocycles. The zero-order valence-corrected chi connectivity index (χ0v) is 12.1. The lowest BCUT2D eigenvalue weighted by atomic mass is 10.1. The predicted octanol–water partition coefficient (Wildman–Crippen LogP) is 2.76. The maximum Gasteiger partial charge on any atom is 0.235 e. The van der Waals surface area contributed by atoms with Gasteiger partial charge in [0.25, 0.3) is 0 Å². The Hall–Kier alpha value is -0.990. The third-order valence-electron chi connectivity index (χ3n) is 2.06. The van der Waals surface area contributed by atoms with E-state index in [1.165, 1.54) is 23.5 Å². The summed E-state index contributed by atoms with van der Waals surface area (Å²) < 4.78 is 15.0. The minimum Gasteiger partial charge on any atom is -0.368 e. The fourth-order valence-corrected chi connectivity index (χ4v) is 3.29. The number of halogens is 2. The smallest absolute Gasteiger partial charge is 0.235 e. The van der Waals surface area contributed by atoms with Gasteiger partial charge in [0.15, 0.2) is 4.34 Å². The van der Waals surface area contributed by atoms with E-state index in [0.29, 0.717) is 8.81 Å². The lowest BCUT2D eigenvalue weighted by Crippen LogP contribution is -2.19. The number of nitrogens with two attached hydrogens (primary N) is 1. The number of rotatable bonds is 4. The molecule has 2 rings (SSSR count). The Kier molecular flexibility index (Phi) is 4.31. The van der Waals surface area contributed by atoms with Crippen LogP contribution in [0, 0.1) is 5.82 Å². The standard InChI is InChI=1S/C10H7BrFN3OS2/c11-5-1-2-6(7(12)3-5)8(9(13)16)18-10-15-14-4-17-10/h1-4,8H,(H2,13,16). The zero-order valence-electron chi connectivity index (χ0n) is 8.84. The number of amides is 1. The van der Waals surface area contributed by atoms with E-state index in [-0.39, 0.29) is 5.56 Å². The first kappa shape index (κ1) is 13.4. The molecule has 1 unspecified atom stereocenters. The summed E-state index contributed by atoms with van der Waals surface area (Å²) in [6.45, 7) is 0. The van der Waals surface area contributed by atoms with E-state index in [2.05, 4.69) is 26.1 Å². The molecule has 1 atom stereocenters. The SMILES string of the molecule is NC(=O)C(Sc1nncs1)c1ccc(Br)cc1F. The third-order valence-corrected chi connectivity index (χ3v) is 4.62. The van der Waals surface area contributed by atoms with Crippen molar-refractivity contribution in [2.75, 3.05) is 0 Å². The second-order valence-corrected chi connectivity index (χ2v) is 6.37. The molecule has 0 fully saturated rings. The van der Waals surface area contributed by atoms with Crippen molar-refractivity contribution in [2.45, 2.75) is 9.59 Å². The first-order valence-electron chi connectivity index (χ1n) is 4.75. The summed E-state index contributed by atoms with van der Waals surface area (Å²) in [5.41, 5.74) is 7.09. The fraction of sp³-hybridized carbons (Fsp3) is 0.100. The molecule has 18 heavy (non-hydrogen) atoms. The van der Waals surface area contributed by atoms with Crippen molar-refractivity contribution in [1.29, 1.82) is 0 Å². The molecule has 4 nitrogen and oxygen atoms in total. The van der Waals surface area contributed by atoms with Crippen LogP contribution < -0.4 is 5.73 Å². The molecule has 1 heterocycles. The predicted molar refractivity (Wildman–Crippen MR) is 71.8 cm³/mol. The van der Waals surface area contributed by atoms with E-state index in [1.54, 1.807) is 11.6 Å². The van der Waals surface area contributed by atoms with Gasteiger partial charge in [-0.15, -0.1) is 10.2 Å². The number of nitrogens with zero attached hydrogens (tertiary/aromatic N) is 2. The van der Waals surface area contributed by atoms with Crippen molar-refractivity contribution in [2.24, 2.45) is 5.73 Å². The van der Waals surface area contributed by atoms with Crippen LogP contribution in [0.25, 0.3) is 0 Å². The van der Waals surface area contributed by atoms with Gasteiger partial charge in [-0.1, -0.05) is 45.1 Å². The van der Waals surface area contributed by atoms with Crippen molar-refractivity contribution < 1.29 is 9.18 Å². The number of benzene rings is 1. The summed E-state index contributed by atoms with van der Waals surface area (Å²) in [6.07, 6.45) is 0. The largest absolute Gasteiger partial charge is 0.368 e. The highest BCUT2D eigenvalue weighted by atomic mass is 79.9. The molecule has 1 aromatic carbocycles. The van der Waals surface area contributed by atoms with E-state index >= 15 is 0 Å². The monoisotopic (exact) mass is 347 g/mol. The van der Waals surface area contributed by atoms with Gasteiger partial charge in [-0.25, -0.2) is 4.39 Å². The van der Waals surface area contributed by atoms with Gasteiger partial charge in [-0.05, 0) is 12.1 Å². The maximum atomic E-state index is 13.8. The molecule has 0 saturated heterocycles. The van der Waals surface area contributed by atoms with Crippen LogP contribution in [0.4, 0.5) is 4.39 Å². The van der Waals surface area contributed by atoms with Crippen LogP contribution in [0.5, 0.6) is 0 Å². The first-order valence-corrected chi connectivity index (χ1v) is 7.30. The van der Waals surface area contributed by atoms with Crippen LogP contribution in [-0.2, 0) is 4.79 Å². The first-order chi connectivity index (χ1) is 8.58. The topological polar surface area (TPSA) is 68.9 Å². The lowest BCUT2D eigenvalue weighted by molar-refractivity contribution is -0.117. The minimum absolute atomic E-state index is 0.242. The average molecular weight is 348 g/mol. The number of hydrogen-bond acceptors (Lipinski definition) is 5. The normalized spacial score (nSPS) is 12.3. The number of carbonyl (C=O) groups is 1. The Labute approximate surface area is 119 Å². The Morgan fingerprint density at radius 2 is 2.33 bits per heavy atom. The van der Waals surface area contributed by atoms with Crippen molar-refractivity contribution in [3.8, 4) is 0 Å². The second-order valence-electron chi connectivity index (χ2n) is 3.27. The van der Waals surface area contributed by atoms with Crippen LogP contribution in [-0.4, -0.2) is 16.1 Å². The summed E-state index contributed by atoms with van der Waals surface area (Å²) in [5, 5.41) is 6.65. The lowest BCUT2D eigenvalue weighted by Gasteiger charge is -2.12. The molecule has 8 heteroatoms.